The maximum Gasteiger partial charge on any atom is 0.221 e. The molecule has 0 fully saturated rings. The van der Waals surface area contributed by atoms with E-state index in [1.165, 1.54) is 64.2 Å². The second-order valence-electron chi connectivity index (χ2n) is 7.88. The van der Waals surface area contributed by atoms with Crippen LogP contribution in [0.5, 0.6) is 0 Å². The summed E-state index contributed by atoms with van der Waals surface area (Å²) in [5.74, 6) is 0.957. The molecule has 2 atom stereocenters. The van der Waals surface area contributed by atoms with Crippen LogP contribution in [0.1, 0.15) is 104 Å². The summed E-state index contributed by atoms with van der Waals surface area (Å²) in [5, 5.41) is 0. The monoisotopic (exact) mass is 432 g/mol. The van der Waals surface area contributed by atoms with Gasteiger partial charge in [0.1, 0.15) is 0 Å². The van der Waals surface area contributed by atoms with Gasteiger partial charge in [0.05, 0.1) is 0 Å². The molecule has 4 nitrogen and oxygen atoms in total. The maximum absolute atomic E-state index is 11.7. The fourth-order valence-electron chi connectivity index (χ4n) is 3.22. The van der Waals surface area contributed by atoms with Crippen LogP contribution in [-0.4, -0.2) is 23.3 Å². The number of carbonyl (C=O) groups excluding carboxylic acids is 2. The molecule has 6 heteroatoms. The molecule has 0 aliphatic heterocycles. The van der Waals surface area contributed by atoms with E-state index >= 15 is 0 Å². The second-order valence-corrected chi connectivity index (χ2v) is 10.4. The average Bonchev–Trinajstić information content (AvgIpc) is 2.66. The Balaban J connectivity index is 3.92. The van der Waals surface area contributed by atoms with Gasteiger partial charge in [0, 0.05) is 23.3 Å². The Labute approximate surface area is 181 Å². The van der Waals surface area contributed by atoms with E-state index in [1.807, 2.05) is 0 Å². The molecule has 28 heavy (non-hydrogen) atoms. The van der Waals surface area contributed by atoms with Crippen LogP contribution in [0.2, 0.25) is 0 Å². The molecule has 0 rings (SSSR count). The third-order valence-corrected chi connectivity index (χ3v) is 7.80. The van der Waals surface area contributed by atoms with Gasteiger partial charge in [0.25, 0.3) is 0 Å². The Kier molecular flexibility index (Phi) is 19.7. The number of nitrogens with two attached hydrogens (primary N) is 2. The first-order valence-electron chi connectivity index (χ1n) is 11.4. The molecular weight excluding hydrogens is 388 g/mol. The van der Waals surface area contributed by atoms with Gasteiger partial charge in [-0.05, 0) is 12.8 Å². The molecule has 0 heterocycles. The van der Waals surface area contributed by atoms with Crippen LogP contribution >= 0.6 is 21.6 Å². The largest absolute Gasteiger partial charge is 0.369 e. The summed E-state index contributed by atoms with van der Waals surface area (Å²) in [6, 6.07) is 0. The van der Waals surface area contributed by atoms with Gasteiger partial charge >= 0.3 is 0 Å². The Bertz CT molecular complexity index is 359. The summed E-state index contributed by atoms with van der Waals surface area (Å²) >= 11 is 0. The normalized spacial score (nSPS) is 13.4. The van der Waals surface area contributed by atoms with Crippen LogP contribution in [0.25, 0.3) is 0 Å². The van der Waals surface area contributed by atoms with Gasteiger partial charge < -0.3 is 11.5 Å². The Morgan fingerprint density at radius 1 is 0.607 bits per heavy atom. The van der Waals surface area contributed by atoms with E-state index in [9.17, 15) is 9.59 Å². The van der Waals surface area contributed by atoms with Crippen LogP contribution in [0.3, 0.4) is 0 Å². The van der Waals surface area contributed by atoms with Gasteiger partial charge in [0.2, 0.25) is 11.8 Å². The molecule has 0 saturated carbocycles. The average molecular weight is 433 g/mol. The van der Waals surface area contributed by atoms with Gasteiger partial charge in [-0.25, -0.2) is 0 Å². The van der Waals surface area contributed by atoms with Crippen LogP contribution in [0.4, 0.5) is 0 Å². The highest BCUT2D eigenvalue weighted by atomic mass is 33.1. The highest BCUT2D eigenvalue weighted by Crippen LogP contribution is 2.29. The van der Waals surface area contributed by atoms with Crippen LogP contribution in [0, 0.1) is 11.8 Å². The number of hydrogen-bond donors (Lipinski definition) is 2. The summed E-state index contributed by atoms with van der Waals surface area (Å²) in [7, 11) is 3.33. The third-order valence-electron chi connectivity index (χ3n) is 5.24. The zero-order valence-electron chi connectivity index (χ0n) is 18.3. The molecule has 0 bridgehead atoms. The fourth-order valence-corrected chi connectivity index (χ4v) is 5.96. The van der Waals surface area contributed by atoms with Crippen molar-refractivity contribution in [2.45, 2.75) is 104 Å². The molecule has 0 aliphatic rings. The number of carbonyl (C=O) groups is 2. The fraction of sp³-hybridized carbons (Fsp3) is 0.909. The summed E-state index contributed by atoms with van der Waals surface area (Å²) in [6.07, 6.45) is 16.5. The van der Waals surface area contributed by atoms with Crippen molar-refractivity contribution < 1.29 is 9.59 Å². The van der Waals surface area contributed by atoms with E-state index in [2.05, 4.69) is 13.8 Å². The van der Waals surface area contributed by atoms with Gasteiger partial charge in [-0.2, -0.15) is 0 Å². The molecular formula is C22H44N2O2S2. The van der Waals surface area contributed by atoms with Crippen molar-refractivity contribution in [3.63, 3.8) is 0 Å². The number of primary amides is 2. The van der Waals surface area contributed by atoms with Crippen molar-refractivity contribution in [2.24, 2.45) is 23.3 Å². The predicted octanol–water partition coefficient (Wildman–Crippen LogP) is 6.07. The number of hydrogen-bond acceptors (Lipinski definition) is 4. The number of amides is 2. The second kappa shape index (κ2) is 19.9. The minimum Gasteiger partial charge on any atom is -0.369 e. The highest BCUT2D eigenvalue weighted by Gasteiger charge is 2.18. The predicted molar refractivity (Wildman–Crippen MR) is 126 cm³/mol. The molecule has 0 saturated heterocycles. The van der Waals surface area contributed by atoms with Crippen molar-refractivity contribution in [1.82, 2.24) is 0 Å². The molecule has 166 valence electrons. The molecule has 0 aliphatic carbocycles. The smallest absolute Gasteiger partial charge is 0.221 e. The molecule has 2 amide bonds. The Hall–Kier alpha value is -0.360. The number of rotatable bonds is 21. The van der Waals surface area contributed by atoms with Gasteiger partial charge in [-0.15, -0.1) is 0 Å². The topological polar surface area (TPSA) is 86.2 Å². The SMILES string of the molecule is CCCCCCCCC(CSSCC(CCCCCCCC)C(N)=O)C(N)=O. The summed E-state index contributed by atoms with van der Waals surface area (Å²) in [4.78, 5) is 23.4. The van der Waals surface area contributed by atoms with Gasteiger partial charge in [-0.1, -0.05) is 112 Å². The summed E-state index contributed by atoms with van der Waals surface area (Å²) in [6.45, 7) is 4.43. The lowest BCUT2D eigenvalue weighted by Crippen LogP contribution is -2.26. The quantitative estimate of drug-likeness (QED) is 0.170. The molecule has 0 aromatic heterocycles. The van der Waals surface area contributed by atoms with E-state index in [0.29, 0.717) is 0 Å². The third kappa shape index (κ3) is 16.6. The van der Waals surface area contributed by atoms with Crippen molar-refractivity contribution in [3.05, 3.63) is 0 Å². The van der Waals surface area contributed by atoms with E-state index in [0.717, 1.165) is 37.2 Å². The molecule has 0 radical (unpaired) electrons. The van der Waals surface area contributed by atoms with Crippen molar-refractivity contribution in [2.75, 3.05) is 11.5 Å². The number of unbranched alkanes of at least 4 members (excludes halogenated alkanes) is 10. The first-order valence-corrected chi connectivity index (χ1v) is 13.8. The van der Waals surface area contributed by atoms with E-state index in [-0.39, 0.29) is 23.7 Å². The lowest BCUT2D eigenvalue weighted by atomic mass is 10.0. The molecule has 0 spiro atoms. The van der Waals surface area contributed by atoms with Crippen LogP contribution in [-0.2, 0) is 9.59 Å². The first kappa shape index (κ1) is 27.6. The van der Waals surface area contributed by atoms with Gasteiger partial charge in [0.15, 0.2) is 0 Å². The maximum atomic E-state index is 11.7. The van der Waals surface area contributed by atoms with Gasteiger partial charge in [-0.3, -0.25) is 9.59 Å². The lowest BCUT2D eigenvalue weighted by Gasteiger charge is -2.15. The summed E-state index contributed by atoms with van der Waals surface area (Å²) in [5.41, 5.74) is 11.1. The molecule has 0 aromatic carbocycles. The van der Waals surface area contributed by atoms with Crippen LogP contribution in [0.15, 0.2) is 0 Å². The van der Waals surface area contributed by atoms with E-state index < -0.39 is 0 Å². The molecule has 0 aromatic rings. The Morgan fingerprint density at radius 3 is 1.25 bits per heavy atom. The van der Waals surface area contributed by atoms with Crippen molar-refractivity contribution in [3.8, 4) is 0 Å². The van der Waals surface area contributed by atoms with Crippen molar-refractivity contribution in [1.29, 1.82) is 0 Å². The Morgan fingerprint density at radius 2 is 0.929 bits per heavy atom. The molecule has 2 unspecified atom stereocenters. The summed E-state index contributed by atoms with van der Waals surface area (Å²) < 4.78 is 0. The van der Waals surface area contributed by atoms with Crippen molar-refractivity contribution >= 4 is 33.4 Å². The van der Waals surface area contributed by atoms with E-state index in [4.69, 9.17) is 11.5 Å². The first-order chi connectivity index (χ1) is 13.5. The highest BCUT2D eigenvalue weighted by molar-refractivity contribution is 8.76. The lowest BCUT2D eigenvalue weighted by molar-refractivity contribution is -0.122. The minimum atomic E-state index is -0.194. The van der Waals surface area contributed by atoms with E-state index in [1.54, 1.807) is 21.6 Å². The zero-order chi connectivity index (χ0) is 21.0. The molecule has 4 N–H and O–H groups in total. The standard InChI is InChI=1S/C22H44N2O2S2/c1-3-5-7-9-11-13-15-19(21(23)25)17-27-28-18-20(22(24)26)16-14-12-10-8-6-4-2/h19-20H,3-18H2,1-2H3,(H2,23,25)(H2,24,26). The minimum absolute atomic E-state index is 0.0609. The van der Waals surface area contributed by atoms with Crippen LogP contribution < -0.4 is 11.5 Å². The zero-order valence-corrected chi connectivity index (χ0v) is 19.9.